The number of halogens is 1. The zero-order valence-electron chi connectivity index (χ0n) is 22.7. The van der Waals surface area contributed by atoms with Gasteiger partial charge in [-0.3, -0.25) is 9.59 Å². The molecule has 5 heteroatoms. The molecule has 2 aromatic carbocycles. The van der Waals surface area contributed by atoms with Gasteiger partial charge in [-0.1, -0.05) is 73.5 Å². The van der Waals surface area contributed by atoms with Gasteiger partial charge in [0.05, 0.1) is 0 Å². The number of carbonyl (C=O) groups is 2. The van der Waals surface area contributed by atoms with Crippen LogP contribution in [0.25, 0.3) is 0 Å². The second kappa shape index (κ2) is 9.27. The van der Waals surface area contributed by atoms with E-state index in [9.17, 15) is 9.59 Å². The minimum atomic E-state index is -0.418. The first-order valence-corrected chi connectivity index (χ1v) is 13.9. The van der Waals surface area contributed by atoms with Gasteiger partial charge in [0.15, 0.2) is 11.6 Å². The summed E-state index contributed by atoms with van der Waals surface area (Å²) in [5.74, 6) is 0.569. The number of allylic oxidation sites excluding steroid dienone is 4. The van der Waals surface area contributed by atoms with Gasteiger partial charge >= 0.3 is 0 Å². The van der Waals surface area contributed by atoms with E-state index in [0.29, 0.717) is 25.2 Å². The molecule has 37 heavy (non-hydrogen) atoms. The van der Waals surface area contributed by atoms with Crippen LogP contribution in [0, 0.1) is 17.8 Å². The van der Waals surface area contributed by atoms with E-state index in [4.69, 9.17) is 4.74 Å². The van der Waals surface area contributed by atoms with Crippen LogP contribution >= 0.6 is 15.9 Å². The molecule has 2 aromatic rings. The van der Waals surface area contributed by atoms with Crippen molar-refractivity contribution in [3.63, 3.8) is 0 Å². The Morgan fingerprint density at radius 2 is 1.41 bits per heavy atom. The number of rotatable bonds is 4. The summed E-state index contributed by atoms with van der Waals surface area (Å²) >= 11 is 3.65. The number of ether oxygens (including phenoxy) is 1. The summed E-state index contributed by atoms with van der Waals surface area (Å²) in [4.78, 5) is 29.8. The highest BCUT2D eigenvalue weighted by Crippen LogP contribution is 2.55. The van der Waals surface area contributed by atoms with Crippen LogP contribution in [0.15, 0.2) is 69.5 Å². The Kier molecular flexibility index (Phi) is 6.50. The van der Waals surface area contributed by atoms with Crippen molar-refractivity contribution >= 4 is 27.5 Å². The van der Waals surface area contributed by atoms with E-state index in [1.54, 1.807) is 0 Å². The maximum Gasteiger partial charge on any atom is 0.162 e. The predicted molar refractivity (Wildman–Crippen MR) is 150 cm³/mol. The molecule has 0 spiro atoms. The molecule has 194 valence electrons. The maximum atomic E-state index is 13.8. The lowest BCUT2D eigenvalue weighted by Gasteiger charge is -2.48. The molecule has 0 saturated heterocycles. The molecule has 0 fully saturated rings. The van der Waals surface area contributed by atoms with Crippen LogP contribution in [0.1, 0.15) is 76.0 Å². The number of carbonyl (C=O) groups excluding carboxylic acids is 2. The summed E-state index contributed by atoms with van der Waals surface area (Å²) in [5, 5.41) is 0. The highest BCUT2D eigenvalue weighted by atomic mass is 79.9. The van der Waals surface area contributed by atoms with Crippen LogP contribution < -0.4 is 4.74 Å². The summed E-state index contributed by atoms with van der Waals surface area (Å²) in [6.45, 7) is 11.1. The summed E-state index contributed by atoms with van der Waals surface area (Å²) in [5.41, 5.74) is 6.57. The normalized spacial score (nSPS) is 21.2. The lowest BCUT2D eigenvalue weighted by atomic mass is 9.63. The van der Waals surface area contributed by atoms with Crippen molar-refractivity contribution in [2.24, 2.45) is 10.8 Å². The van der Waals surface area contributed by atoms with Gasteiger partial charge in [-0.25, -0.2) is 0 Å². The third kappa shape index (κ3) is 4.95. The van der Waals surface area contributed by atoms with Crippen LogP contribution in [-0.4, -0.2) is 23.5 Å². The fourth-order valence-corrected chi connectivity index (χ4v) is 6.58. The van der Waals surface area contributed by atoms with Gasteiger partial charge in [-0.05, 0) is 54.4 Å². The Balaban J connectivity index is 1.67. The lowest BCUT2D eigenvalue weighted by molar-refractivity contribution is -0.119. The maximum absolute atomic E-state index is 13.8. The van der Waals surface area contributed by atoms with Crippen molar-refractivity contribution in [3.05, 3.63) is 86.2 Å². The molecule has 1 heterocycles. The number of hydrogen-bond acceptors (Lipinski definition) is 4. The SMILES string of the molecule is Cc1ccc(COc2ccc(Br)cc2C2C3=C(CC(C)(C)CC3=O)N(C)C3=C2C(=O)CC(C)(C)C3)cc1. The van der Waals surface area contributed by atoms with E-state index in [0.717, 1.165) is 51.0 Å². The molecule has 0 saturated carbocycles. The monoisotopic (exact) mass is 561 g/mol. The van der Waals surface area contributed by atoms with E-state index in [1.165, 1.54) is 5.56 Å². The number of hydrogen-bond donors (Lipinski definition) is 0. The van der Waals surface area contributed by atoms with Crippen molar-refractivity contribution < 1.29 is 14.3 Å². The van der Waals surface area contributed by atoms with Gasteiger partial charge in [0.25, 0.3) is 0 Å². The molecular weight excluding hydrogens is 526 g/mol. The second-order valence-corrected chi connectivity index (χ2v) is 13.5. The zero-order chi connectivity index (χ0) is 26.7. The van der Waals surface area contributed by atoms with Crippen LogP contribution in [-0.2, 0) is 16.2 Å². The number of Topliss-reactive ketones (excluding diaryl/α,β-unsaturated/α-hetero) is 2. The van der Waals surface area contributed by atoms with Gasteiger partial charge < -0.3 is 9.64 Å². The highest BCUT2D eigenvalue weighted by Gasteiger charge is 2.48. The molecule has 0 bridgehead atoms. The first-order valence-electron chi connectivity index (χ1n) is 13.1. The van der Waals surface area contributed by atoms with Gasteiger partial charge in [-0.15, -0.1) is 0 Å². The van der Waals surface area contributed by atoms with E-state index in [-0.39, 0.29) is 22.4 Å². The van der Waals surface area contributed by atoms with E-state index < -0.39 is 5.92 Å². The number of aryl methyl sites for hydroxylation is 1. The minimum absolute atomic E-state index is 0.122. The second-order valence-electron chi connectivity index (χ2n) is 12.6. The number of benzene rings is 2. The number of nitrogens with zero attached hydrogens (tertiary/aromatic N) is 1. The van der Waals surface area contributed by atoms with Crippen molar-refractivity contribution in [2.75, 3.05) is 7.05 Å². The Bertz CT molecular complexity index is 1290. The van der Waals surface area contributed by atoms with E-state index in [1.807, 2.05) is 25.2 Å². The molecule has 5 rings (SSSR count). The Hall–Kier alpha value is -2.66. The molecule has 0 atom stereocenters. The third-order valence-electron chi connectivity index (χ3n) is 7.98. The topological polar surface area (TPSA) is 46.6 Å². The molecule has 1 aliphatic heterocycles. The lowest BCUT2D eigenvalue weighted by Crippen LogP contribution is -2.43. The molecule has 3 aliphatic rings. The predicted octanol–water partition coefficient (Wildman–Crippen LogP) is 7.65. The average Bonchev–Trinajstić information content (AvgIpc) is 2.79. The molecule has 0 amide bonds. The van der Waals surface area contributed by atoms with Crippen molar-refractivity contribution in [2.45, 2.75) is 72.8 Å². The van der Waals surface area contributed by atoms with Crippen LogP contribution in [0.2, 0.25) is 0 Å². The third-order valence-corrected chi connectivity index (χ3v) is 8.47. The van der Waals surface area contributed by atoms with Gasteiger partial charge in [0.2, 0.25) is 0 Å². The van der Waals surface area contributed by atoms with Gasteiger partial charge in [0.1, 0.15) is 12.4 Å². The summed E-state index contributed by atoms with van der Waals surface area (Å²) in [7, 11) is 2.04. The zero-order valence-corrected chi connectivity index (χ0v) is 24.3. The van der Waals surface area contributed by atoms with Crippen molar-refractivity contribution in [1.29, 1.82) is 0 Å². The fourth-order valence-electron chi connectivity index (χ4n) is 6.20. The largest absolute Gasteiger partial charge is 0.489 e. The smallest absolute Gasteiger partial charge is 0.162 e. The summed E-state index contributed by atoms with van der Waals surface area (Å²) in [6, 6.07) is 14.3. The van der Waals surface area contributed by atoms with E-state index in [2.05, 4.69) is 79.7 Å². The molecule has 0 aromatic heterocycles. The molecule has 4 nitrogen and oxygen atoms in total. The molecule has 0 N–H and O–H groups in total. The number of ketones is 2. The van der Waals surface area contributed by atoms with Crippen LogP contribution in [0.4, 0.5) is 0 Å². The van der Waals surface area contributed by atoms with Crippen LogP contribution in [0.5, 0.6) is 5.75 Å². The molecule has 2 aliphatic carbocycles. The first kappa shape index (κ1) is 26.0. The first-order chi connectivity index (χ1) is 17.3. The van der Waals surface area contributed by atoms with Crippen LogP contribution in [0.3, 0.4) is 0 Å². The quantitative estimate of drug-likeness (QED) is 0.384. The standard InChI is InChI=1S/C32H36BrNO3/c1-19-7-9-20(10-8-19)18-37-27-12-11-21(33)13-22(27)28-29-23(14-31(2,3)16-25(29)35)34(6)24-15-32(4,5)17-26(36)30(24)28/h7-13,28H,14-18H2,1-6H3. The highest BCUT2D eigenvalue weighted by molar-refractivity contribution is 9.10. The summed E-state index contributed by atoms with van der Waals surface area (Å²) in [6.07, 6.45) is 2.57. The van der Waals surface area contributed by atoms with Crippen molar-refractivity contribution in [3.8, 4) is 5.75 Å². The molecule has 0 unspecified atom stereocenters. The van der Waals surface area contributed by atoms with E-state index >= 15 is 0 Å². The van der Waals surface area contributed by atoms with Gasteiger partial charge in [-0.2, -0.15) is 0 Å². The molecular formula is C32H36BrNO3. The summed E-state index contributed by atoms with van der Waals surface area (Å²) < 4.78 is 7.31. The Morgan fingerprint density at radius 3 is 1.95 bits per heavy atom. The average molecular weight is 563 g/mol. The minimum Gasteiger partial charge on any atom is -0.489 e. The van der Waals surface area contributed by atoms with Gasteiger partial charge in [0, 0.05) is 58.4 Å². The fraction of sp³-hybridized carbons (Fsp3) is 0.438. The molecule has 0 radical (unpaired) electrons. The van der Waals surface area contributed by atoms with Crippen molar-refractivity contribution in [1.82, 2.24) is 4.90 Å². The Morgan fingerprint density at radius 1 is 0.865 bits per heavy atom. The Labute approximate surface area is 228 Å².